The first kappa shape index (κ1) is 7.07. The van der Waals surface area contributed by atoms with Gasteiger partial charge in [-0.3, -0.25) is 5.01 Å². The molecule has 0 atom stereocenters. The molecule has 1 aliphatic carbocycles. The molecule has 0 spiro atoms. The zero-order chi connectivity index (χ0) is 7.68. The van der Waals surface area contributed by atoms with E-state index >= 15 is 0 Å². The van der Waals surface area contributed by atoms with Crippen molar-refractivity contribution in [3.05, 3.63) is 4.91 Å². The summed E-state index contributed by atoms with van der Waals surface area (Å²) < 4.78 is 0. The summed E-state index contributed by atoms with van der Waals surface area (Å²) in [5.74, 6) is 1.51. The summed E-state index contributed by atoms with van der Waals surface area (Å²) in [6.07, 6.45) is 5.26. The van der Waals surface area contributed by atoms with Crippen LogP contribution in [0.2, 0.25) is 0 Å². The molecule has 2 aliphatic heterocycles. The molecule has 62 valence electrons. The molecule has 2 bridgehead atoms. The second-order valence-corrected chi connectivity index (χ2v) is 3.84. The lowest BCUT2D eigenvalue weighted by atomic mass is 9.84. The van der Waals surface area contributed by atoms with Crippen molar-refractivity contribution in [3.8, 4) is 0 Å². The van der Waals surface area contributed by atoms with Gasteiger partial charge in [0.05, 0.1) is 5.29 Å². The highest BCUT2D eigenvalue weighted by atomic mass is 16.3. The van der Waals surface area contributed by atoms with Gasteiger partial charge < -0.3 is 0 Å². The Labute approximate surface area is 66.7 Å². The predicted octanol–water partition coefficient (Wildman–Crippen LogP) is 1.79. The van der Waals surface area contributed by atoms with Crippen molar-refractivity contribution in [2.45, 2.75) is 25.7 Å². The maximum absolute atomic E-state index is 10.3. The third kappa shape index (κ3) is 1.37. The molecule has 2 heterocycles. The molecule has 0 aromatic rings. The zero-order valence-electron chi connectivity index (χ0n) is 6.70. The molecule has 0 unspecified atom stereocenters. The lowest BCUT2D eigenvalue weighted by Gasteiger charge is -2.20. The van der Waals surface area contributed by atoms with E-state index < -0.39 is 0 Å². The van der Waals surface area contributed by atoms with Gasteiger partial charge in [-0.15, -0.1) is 4.91 Å². The number of hydrogen-bond acceptors (Lipinski definition) is 2. The molecule has 1 saturated carbocycles. The van der Waals surface area contributed by atoms with Crippen molar-refractivity contribution < 1.29 is 0 Å². The lowest BCUT2D eigenvalue weighted by molar-refractivity contribution is 0.261. The highest BCUT2D eigenvalue weighted by molar-refractivity contribution is 4.80. The van der Waals surface area contributed by atoms with Gasteiger partial charge in [-0.1, -0.05) is 0 Å². The second-order valence-electron chi connectivity index (χ2n) is 3.84. The van der Waals surface area contributed by atoms with Crippen LogP contribution in [0.4, 0.5) is 0 Å². The molecular weight excluding hydrogens is 140 g/mol. The fourth-order valence-corrected chi connectivity index (χ4v) is 2.33. The van der Waals surface area contributed by atoms with Crippen LogP contribution in [0.1, 0.15) is 25.7 Å². The van der Waals surface area contributed by atoms with Gasteiger partial charge in [0.2, 0.25) is 0 Å². The highest BCUT2D eigenvalue weighted by Crippen LogP contribution is 2.33. The van der Waals surface area contributed by atoms with Crippen molar-refractivity contribution in [1.82, 2.24) is 5.01 Å². The van der Waals surface area contributed by atoms with E-state index in [9.17, 15) is 4.91 Å². The summed E-state index contributed by atoms with van der Waals surface area (Å²) >= 11 is 0. The molecule has 3 nitrogen and oxygen atoms in total. The minimum Gasteiger partial charge on any atom is -0.260 e. The Morgan fingerprint density at radius 3 is 1.82 bits per heavy atom. The maximum Gasteiger partial charge on any atom is 0.0524 e. The van der Waals surface area contributed by atoms with Gasteiger partial charge in [0.15, 0.2) is 0 Å². The SMILES string of the molecule is O=NN1CC2CCC(CC2)C1. The van der Waals surface area contributed by atoms with Gasteiger partial charge >= 0.3 is 0 Å². The van der Waals surface area contributed by atoms with Gasteiger partial charge in [-0.2, -0.15) is 0 Å². The van der Waals surface area contributed by atoms with Gasteiger partial charge in [0.1, 0.15) is 0 Å². The summed E-state index contributed by atoms with van der Waals surface area (Å²) in [5, 5.41) is 4.75. The van der Waals surface area contributed by atoms with Crippen molar-refractivity contribution in [1.29, 1.82) is 0 Å². The third-order valence-electron chi connectivity index (χ3n) is 3.02. The molecule has 11 heavy (non-hydrogen) atoms. The molecule has 0 amide bonds. The number of nitroso groups, excluding NO2 is 1. The molecular formula is C8H14N2O. The van der Waals surface area contributed by atoms with Gasteiger partial charge in [0, 0.05) is 13.1 Å². The van der Waals surface area contributed by atoms with Gasteiger partial charge in [0.25, 0.3) is 0 Å². The van der Waals surface area contributed by atoms with Crippen LogP contribution in [-0.4, -0.2) is 18.1 Å². The lowest BCUT2D eigenvalue weighted by Crippen LogP contribution is -2.21. The monoisotopic (exact) mass is 154 g/mol. The van der Waals surface area contributed by atoms with E-state index in [-0.39, 0.29) is 0 Å². The summed E-state index contributed by atoms with van der Waals surface area (Å²) in [6, 6.07) is 0. The fourth-order valence-electron chi connectivity index (χ4n) is 2.33. The molecule has 0 N–H and O–H groups in total. The van der Waals surface area contributed by atoms with Crippen LogP contribution >= 0.6 is 0 Å². The minimum absolute atomic E-state index is 0.756. The molecule has 0 aromatic carbocycles. The van der Waals surface area contributed by atoms with Crippen LogP contribution in [-0.2, 0) is 0 Å². The standard InChI is InChI=1S/C8H14N2O/c11-9-10-5-7-1-2-8(6-10)4-3-7/h7-8H,1-6H2. The fraction of sp³-hybridized carbons (Fsp3) is 1.00. The zero-order valence-corrected chi connectivity index (χ0v) is 6.70. The van der Waals surface area contributed by atoms with E-state index in [1.165, 1.54) is 25.7 Å². The molecule has 3 fully saturated rings. The van der Waals surface area contributed by atoms with E-state index in [2.05, 4.69) is 5.29 Å². The molecule has 0 radical (unpaired) electrons. The summed E-state index contributed by atoms with van der Waals surface area (Å²) in [4.78, 5) is 10.3. The van der Waals surface area contributed by atoms with Crippen LogP contribution in [0.3, 0.4) is 0 Å². The normalized spacial score (nSPS) is 36.9. The van der Waals surface area contributed by atoms with E-state index in [1.54, 1.807) is 5.01 Å². The number of fused-ring (bicyclic) bond motifs is 4. The van der Waals surface area contributed by atoms with Crippen LogP contribution in [0.15, 0.2) is 5.29 Å². The Hall–Kier alpha value is -0.600. The van der Waals surface area contributed by atoms with Crippen LogP contribution in [0.25, 0.3) is 0 Å². The van der Waals surface area contributed by atoms with Gasteiger partial charge in [-0.25, -0.2) is 0 Å². The highest BCUT2D eigenvalue weighted by Gasteiger charge is 2.29. The summed E-state index contributed by atoms with van der Waals surface area (Å²) in [7, 11) is 0. The first-order valence-electron chi connectivity index (χ1n) is 4.46. The Balaban J connectivity index is 2.05. The Kier molecular flexibility index (Phi) is 1.80. The number of hydrogen-bond donors (Lipinski definition) is 0. The van der Waals surface area contributed by atoms with Gasteiger partial charge in [-0.05, 0) is 37.5 Å². The molecule has 3 aliphatic rings. The van der Waals surface area contributed by atoms with Crippen LogP contribution in [0.5, 0.6) is 0 Å². The summed E-state index contributed by atoms with van der Waals surface area (Å²) in [6.45, 7) is 1.83. The van der Waals surface area contributed by atoms with Crippen LogP contribution < -0.4 is 0 Å². The third-order valence-corrected chi connectivity index (χ3v) is 3.02. The minimum atomic E-state index is 0.756. The van der Waals surface area contributed by atoms with Crippen LogP contribution in [0, 0.1) is 16.7 Å². The van der Waals surface area contributed by atoms with Crippen molar-refractivity contribution >= 4 is 0 Å². The molecule has 0 aromatic heterocycles. The maximum atomic E-state index is 10.3. The molecule has 3 heteroatoms. The first-order chi connectivity index (χ1) is 5.38. The average Bonchev–Trinajstić information content (AvgIpc) is 2.35. The molecule has 2 saturated heterocycles. The smallest absolute Gasteiger partial charge is 0.0524 e. The van der Waals surface area contributed by atoms with Crippen molar-refractivity contribution in [2.24, 2.45) is 17.1 Å². The Bertz CT molecular complexity index is 138. The first-order valence-corrected chi connectivity index (χ1v) is 4.46. The van der Waals surface area contributed by atoms with Crippen molar-refractivity contribution in [3.63, 3.8) is 0 Å². The Morgan fingerprint density at radius 1 is 1.00 bits per heavy atom. The van der Waals surface area contributed by atoms with E-state index in [0.29, 0.717) is 0 Å². The molecule has 3 rings (SSSR count). The van der Waals surface area contributed by atoms with E-state index in [4.69, 9.17) is 0 Å². The predicted molar refractivity (Wildman–Crippen MR) is 42.8 cm³/mol. The van der Waals surface area contributed by atoms with Crippen molar-refractivity contribution in [2.75, 3.05) is 13.1 Å². The topological polar surface area (TPSA) is 32.7 Å². The quantitative estimate of drug-likeness (QED) is 0.539. The number of nitrogens with zero attached hydrogens (tertiary/aromatic N) is 2. The van der Waals surface area contributed by atoms with E-state index in [0.717, 1.165) is 24.9 Å². The van der Waals surface area contributed by atoms with E-state index in [1.807, 2.05) is 0 Å². The second kappa shape index (κ2) is 2.80. The Morgan fingerprint density at radius 2 is 1.45 bits per heavy atom. The largest absolute Gasteiger partial charge is 0.260 e. The summed E-state index contributed by atoms with van der Waals surface area (Å²) in [5.41, 5.74) is 0. The average molecular weight is 154 g/mol. The number of rotatable bonds is 1.